The number of aliphatic hydroxyl groups is 1. The molecule has 0 unspecified atom stereocenters. The normalized spacial score (nSPS) is 10.2. The Morgan fingerprint density at radius 3 is 2.46 bits per heavy atom. The van der Waals surface area contributed by atoms with Crippen molar-refractivity contribution in [3.05, 3.63) is 69.3 Å². The van der Waals surface area contributed by atoms with Crippen LogP contribution in [0.15, 0.2) is 42.5 Å². The average molecular weight is 329 g/mol. The summed E-state index contributed by atoms with van der Waals surface area (Å²) in [5, 5.41) is 25.2. The van der Waals surface area contributed by atoms with E-state index in [0.29, 0.717) is 24.2 Å². The SMILES string of the molecule is Cc1c(NC(=O)NCCc2ccc(CO)cc2)cccc1[N+](=O)[O-]. The smallest absolute Gasteiger partial charge is 0.319 e. The second-order valence-corrected chi connectivity index (χ2v) is 5.31. The lowest BCUT2D eigenvalue weighted by Crippen LogP contribution is -2.30. The standard InChI is InChI=1S/C17H19N3O4/c1-12-15(3-2-4-16(12)20(23)24)19-17(22)18-10-9-13-5-7-14(11-21)8-6-13/h2-8,21H,9-11H2,1H3,(H2,18,19,22). The number of hydrogen-bond donors (Lipinski definition) is 3. The Hall–Kier alpha value is -2.93. The Morgan fingerprint density at radius 2 is 1.83 bits per heavy atom. The summed E-state index contributed by atoms with van der Waals surface area (Å²) in [6.45, 7) is 2.03. The molecule has 0 spiro atoms. The third-order valence-corrected chi connectivity index (χ3v) is 3.65. The Kier molecular flexibility index (Phi) is 5.86. The summed E-state index contributed by atoms with van der Waals surface area (Å²) in [5.41, 5.74) is 2.67. The number of amides is 2. The minimum atomic E-state index is -0.478. The quantitative estimate of drug-likeness (QED) is 0.560. The van der Waals surface area contributed by atoms with Gasteiger partial charge in [-0.25, -0.2) is 4.79 Å². The third kappa shape index (κ3) is 4.53. The molecule has 2 aromatic carbocycles. The number of aliphatic hydroxyl groups excluding tert-OH is 1. The van der Waals surface area contributed by atoms with Gasteiger partial charge in [-0.3, -0.25) is 10.1 Å². The Balaban J connectivity index is 1.87. The van der Waals surface area contributed by atoms with E-state index in [0.717, 1.165) is 11.1 Å². The highest BCUT2D eigenvalue weighted by molar-refractivity contribution is 5.90. The van der Waals surface area contributed by atoms with E-state index in [9.17, 15) is 14.9 Å². The van der Waals surface area contributed by atoms with E-state index in [-0.39, 0.29) is 12.3 Å². The molecule has 0 aliphatic heterocycles. The monoisotopic (exact) mass is 329 g/mol. The summed E-state index contributed by atoms with van der Waals surface area (Å²) < 4.78 is 0. The third-order valence-electron chi connectivity index (χ3n) is 3.65. The van der Waals surface area contributed by atoms with E-state index in [1.165, 1.54) is 12.1 Å². The van der Waals surface area contributed by atoms with Gasteiger partial charge in [0.2, 0.25) is 0 Å². The van der Waals surface area contributed by atoms with Gasteiger partial charge in [0.15, 0.2) is 0 Å². The number of hydrogen-bond acceptors (Lipinski definition) is 4. The Morgan fingerprint density at radius 1 is 1.17 bits per heavy atom. The van der Waals surface area contributed by atoms with Crippen LogP contribution < -0.4 is 10.6 Å². The molecule has 0 heterocycles. The zero-order valence-electron chi connectivity index (χ0n) is 13.3. The number of nitro groups is 1. The van der Waals surface area contributed by atoms with Gasteiger partial charge < -0.3 is 15.7 Å². The molecule has 0 bridgehead atoms. The molecule has 7 heteroatoms. The van der Waals surface area contributed by atoms with Gasteiger partial charge >= 0.3 is 6.03 Å². The molecule has 0 atom stereocenters. The molecule has 2 rings (SSSR count). The lowest BCUT2D eigenvalue weighted by atomic mass is 10.1. The number of anilines is 1. The lowest BCUT2D eigenvalue weighted by Gasteiger charge is -2.10. The zero-order chi connectivity index (χ0) is 17.5. The molecule has 24 heavy (non-hydrogen) atoms. The van der Waals surface area contributed by atoms with Crippen LogP contribution in [0.5, 0.6) is 0 Å². The van der Waals surface area contributed by atoms with Crippen molar-refractivity contribution in [1.29, 1.82) is 0 Å². The van der Waals surface area contributed by atoms with Crippen LogP contribution in [0.25, 0.3) is 0 Å². The van der Waals surface area contributed by atoms with Crippen molar-refractivity contribution in [3.8, 4) is 0 Å². The van der Waals surface area contributed by atoms with Crippen molar-refractivity contribution in [2.24, 2.45) is 0 Å². The number of nitrogens with one attached hydrogen (secondary N) is 2. The number of carbonyl (C=O) groups excluding carboxylic acids is 1. The highest BCUT2D eigenvalue weighted by atomic mass is 16.6. The molecule has 0 saturated carbocycles. The predicted octanol–water partition coefficient (Wildman–Crippen LogP) is 2.76. The van der Waals surface area contributed by atoms with Gasteiger partial charge in [0.05, 0.1) is 22.8 Å². The summed E-state index contributed by atoms with van der Waals surface area (Å²) >= 11 is 0. The minimum absolute atomic E-state index is 0.00347. The molecule has 3 N–H and O–H groups in total. The molecule has 0 aliphatic carbocycles. The first-order valence-corrected chi connectivity index (χ1v) is 7.49. The van der Waals surface area contributed by atoms with Gasteiger partial charge in [0, 0.05) is 12.6 Å². The van der Waals surface area contributed by atoms with Gasteiger partial charge in [0.1, 0.15) is 0 Å². The Bertz CT molecular complexity index is 729. The number of carbonyl (C=O) groups is 1. The second kappa shape index (κ2) is 8.07. The molecule has 2 amide bonds. The number of benzene rings is 2. The molecular formula is C17H19N3O4. The van der Waals surface area contributed by atoms with Gasteiger partial charge in [0.25, 0.3) is 5.69 Å². The van der Waals surface area contributed by atoms with E-state index in [2.05, 4.69) is 10.6 Å². The van der Waals surface area contributed by atoms with Crippen molar-refractivity contribution < 1.29 is 14.8 Å². The van der Waals surface area contributed by atoms with Crippen LogP contribution in [-0.2, 0) is 13.0 Å². The van der Waals surface area contributed by atoms with Crippen molar-refractivity contribution in [1.82, 2.24) is 5.32 Å². The molecule has 7 nitrogen and oxygen atoms in total. The van der Waals surface area contributed by atoms with Crippen LogP contribution in [-0.4, -0.2) is 22.6 Å². The summed E-state index contributed by atoms with van der Waals surface area (Å²) in [7, 11) is 0. The lowest BCUT2D eigenvalue weighted by molar-refractivity contribution is -0.385. The van der Waals surface area contributed by atoms with Gasteiger partial charge in [-0.05, 0) is 30.5 Å². The van der Waals surface area contributed by atoms with Crippen molar-refractivity contribution >= 4 is 17.4 Å². The maximum Gasteiger partial charge on any atom is 0.319 e. The molecule has 0 fully saturated rings. The fourth-order valence-electron chi connectivity index (χ4n) is 2.25. The molecule has 0 aromatic heterocycles. The first kappa shape index (κ1) is 17.4. The van der Waals surface area contributed by atoms with Crippen molar-refractivity contribution in [2.45, 2.75) is 20.0 Å². The van der Waals surface area contributed by atoms with E-state index in [1.807, 2.05) is 24.3 Å². The summed E-state index contributed by atoms with van der Waals surface area (Å²) in [6, 6.07) is 11.6. The summed E-state index contributed by atoms with van der Waals surface area (Å²) in [6.07, 6.45) is 0.646. The topological polar surface area (TPSA) is 104 Å². The van der Waals surface area contributed by atoms with Gasteiger partial charge in [-0.2, -0.15) is 0 Å². The van der Waals surface area contributed by atoms with E-state index in [1.54, 1.807) is 13.0 Å². The molecule has 126 valence electrons. The van der Waals surface area contributed by atoms with Crippen LogP contribution in [0.2, 0.25) is 0 Å². The number of urea groups is 1. The van der Waals surface area contributed by atoms with Crippen LogP contribution in [0.1, 0.15) is 16.7 Å². The highest BCUT2D eigenvalue weighted by Crippen LogP contribution is 2.24. The van der Waals surface area contributed by atoms with Crippen LogP contribution in [0, 0.1) is 17.0 Å². The molecule has 0 aliphatic rings. The summed E-state index contributed by atoms with van der Waals surface area (Å²) in [5.74, 6) is 0. The largest absolute Gasteiger partial charge is 0.392 e. The number of rotatable bonds is 6. The molecule has 0 saturated heterocycles. The number of nitrogens with zero attached hydrogens (tertiary/aromatic N) is 1. The maximum absolute atomic E-state index is 11.9. The van der Waals surface area contributed by atoms with Crippen LogP contribution in [0.3, 0.4) is 0 Å². The first-order chi connectivity index (χ1) is 11.5. The van der Waals surface area contributed by atoms with Gasteiger partial charge in [-0.1, -0.05) is 30.3 Å². The van der Waals surface area contributed by atoms with Crippen LogP contribution in [0.4, 0.5) is 16.2 Å². The number of nitro benzene ring substituents is 1. The Labute approximate surface area is 139 Å². The fraction of sp³-hybridized carbons (Fsp3) is 0.235. The second-order valence-electron chi connectivity index (χ2n) is 5.31. The predicted molar refractivity (Wildman–Crippen MR) is 90.9 cm³/mol. The highest BCUT2D eigenvalue weighted by Gasteiger charge is 2.14. The fourth-order valence-corrected chi connectivity index (χ4v) is 2.25. The van der Waals surface area contributed by atoms with Crippen LogP contribution >= 0.6 is 0 Å². The summed E-state index contributed by atoms with van der Waals surface area (Å²) in [4.78, 5) is 22.3. The van der Waals surface area contributed by atoms with Crippen molar-refractivity contribution in [3.63, 3.8) is 0 Å². The maximum atomic E-state index is 11.9. The molecule has 2 aromatic rings. The average Bonchev–Trinajstić information content (AvgIpc) is 2.57. The van der Waals surface area contributed by atoms with Gasteiger partial charge in [-0.15, -0.1) is 0 Å². The first-order valence-electron chi connectivity index (χ1n) is 7.49. The molecular weight excluding hydrogens is 310 g/mol. The zero-order valence-corrected chi connectivity index (χ0v) is 13.3. The molecule has 0 radical (unpaired) electrons. The van der Waals surface area contributed by atoms with E-state index >= 15 is 0 Å². The minimum Gasteiger partial charge on any atom is -0.392 e. The van der Waals surface area contributed by atoms with E-state index in [4.69, 9.17) is 5.11 Å². The van der Waals surface area contributed by atoms with Crippen molar-refractivity contribution in [2.75, 3.05) is 11.9 Å². The van der Waals surface area contributed by atoms with E-state index < -0.39 is 11.0 Å².